The van der Waals surface area contributed by atoms with E-state index in [1.807, 2.05) is 30.3 Å². The van der Waals surface area contributed by atoms with Gasteiger partial charge in [0.25, 0.3) is 0 Å². The summed E-state index contributed by atoms with van der Waals surface area (Å²) in [6, 6.07) is 9.76. The lowest BCUT2D eigenvalue weighted by Crippen LogP contribution is -2.23. The number of carbonyl (C=O) groups excluding carboxylic acids is 1. The van der Waals surface area contributed by atoms with Crippen molar-refractivity contribution in [1.29, 1.82) is 0 Å². The van der Waals surface area contributed by atoms with Gasteiger partial charge in [0.2, 0.25) is 0 Å². The Labute approximate surface area is 112 Å². The molecule has 2 unspecified atom stereocenters. The first kappa shape index (κ1) is 15.0. The quantitative estimate of drug-likeness (QED) is 0.507. The summed E-state index contributed by atoms with van der Waals surface area (Å²) in [5.74, 6) is -0.418. The second-order valence-corrected chi connectivity index (χ2v) is 4.80. The minimum Gasteiger partial charge on any atom is -0.463 e. The Hall–Kier alpha value is -1.04. The fraction of sp³-hybridized carbons (Fsp3) is 0.462. The van der Waals surface area contributed by atoms with E-state index in [-0.39, 0.29) is 18.3 Å². The van der Waals surface area contributed by atoms with Gasteiger partial charge in [-0.2, -0.15) is 12.6 Å². The number of aliphatic hydroxyl groups is 2. The van der Waals surface area contributed by atoms with Crippen LogP contribution in [0.15, 0.2) is 30.3 Å². The Balaban J connectivity index is 2.27. The Bertz CT molecular complexity index is 355. The summed E-state index contributed by atoms with van der Waals surface area (Å²) in [7, 11) is 0. The molecule has 0 amide bonds. The van der Waals surface area contributed by atoms with Crippen LogP contribution in [-0.2, 0) is 16.0 Å². The highest BCUT2D eigenvalue weighted by atomic mass is 32.1. The average molecular weight is 270 g/mol. The lowest BCUT2D eigenvalue weighted by atomic mass is 10.1. The van der Waals surface area contributed by atoms with Crippen LogP contribution in [0.5, 0.6) is 0 Å². The van der Waals surface area contributed by atoms with Crippen molar-refractivity contribution in [2.45, 2.75) is 24.2 Å². The molecule has 1 rings (SSSR count). The molecule has 18 heavy (non-hydrogen) atoms. The molecule has 1 aromatic carbocycles. The van der Waals surface area contributed by atoms with Crippen molar-refractivity contribution < 1.29 is 19.7 Å². The number of ether oxygens (including phenoxy) is 1. The van der Waals surface area contributed by atoms with Crippen molar-refractivity contribution in [2.75, 3.05) is 13.2 Å². The fourth-order valence-electron chi connectivity index (χ4n) is 1.45. The van der Waals surface area contributed by atoms with Crippen molar-refractivity contribution in [3.63, 3.8) is 0 Å². The number of rotatable bonds is 7. The summed E-state index contributed by atoms with van der Waals surface area (Å²) < 4.78 is 4.81. The van der Waals surface area contributed by atoms with E-state index in [0.29, 0.717) is 6.42 Å². The van der Waals surface area contributed by atoms with E-state index < -0.39 is 18.7 Å². The van der Waals surface area contributed by atoms with Crippen LogP contribution in [0.25, 0.3) is 0 Å². The third-order valence-corrected chi connectivity index (χ3v) is 2.73. The van der Waals surface area contributed by atoms with Gasteiger partial charge in [0.15, 0.2) is 0 Å². The minimum atomic E-state index is -1.01. The SMILES string of the molecule is O=C(CC(S)Cc1ccccc1)OCC(O)CO. The van der Waals surface area contributed by atoms with E-state index in [0.717, 1.165) is 5.56 Å². The Morgan fingerprint density at radius 3 is 2.61 bits per heavy atom. The van der Waals surface area contributed by atoms with Crippen LogP contribution in [0.4, 0.5) is 0 Å². The molecular weight excluding hydrogens is 252 g/mol. The highest BCUT2D eigenvalue weighted by Crippen LogP contribution is 2.11. The Morgan fingerprint density at radius 1 is 1.33 bits per heavy atom. The van der Waals surface area contributed by atoms with Gasteiger partial charge in [-0.1, -0.05) is 30.3 Å². The summed E-state index contributed by atoms with van der Waals surface area (Å²) in [5.41, 5.74) is 1.11. The number of carbonyl (C=O) groups is 1. The van der Waals surface area contributed by atoms with Crippen LogP contribution in [0, 0.1) is 0 Å². The van der Waals surface area contributed by atoms with Gasteiger partial charge in [0.1, 0.15) is 12.7 Å². The van der Waals surface area contributed by atoms with Gasteiger partial charge < -0.3 is 14.9 Å². The monoisotopic (exact) mass is 270 g/mol. The molecule has 0 aromatic heterocycles. The van der Waals surface area contributed by atoms with Crippen molar-refractivity contribution >= 4 is 18.6 Å². The van der Waals surface area contributed by atoms with Crippen LogP contribution < -0.4 is 0 Å². The number of thiol groups is 1. The molecule has 5 heteroatoms. The molecule has 0 aliphatic rings. The maximum absolute atomic E-state index is 11.4. The summed E-state index contributed by atoms with van der Waals surface area (Å²) in [6.07, 6.45) is -0.154. The van der Waals surface area contributed by atoms with E-state index in [1.165, 1.54) is 0 Å². The molecule has 2 atom stereocenters. The highest BCUT2D eigenvalue weighted by Gasteiger charge is 2.13. The second kappa shape index (κ2) is 8.13. The molecule has 4 nitrogen and oxygen atoms in total. The number of benzene rings is 1. The van der Waals surface area contributed by atoms with Crippen molar-refractivity contribution in [2.24, 2.45) is 0 Å². The van der Waals surface area contributed by atoms with Crippen LogP contribution in [0.1, 0.15) is 12.0 Å². The topological polar surface area (TPSA) is 66.8 Å². The van der Waals surface area contributed by atoms with E-state index >= 15 is 0 Å². The molecule has 0 spiro atoms. The van der Waals surface area contributed by atoms with Crippen molar-refractivity contribution in [1.82, 2.24) is 0 Å². The van der Waals surface area contributed by atoms with Gasteiger partial charge in [-0.25, -0.2) is 0 Å². The van der Waals surface area contributed by atoms with Gasteiger partial charge in [-0.15, -0.1) is 0 Å². The Kier molecular flexibility index (Phi) is 6.78. The molecule has 0 heterocycles. The van der Waals surface area contributed by atoms with Crippen LogP contribution >= 0.6 is 12.6 Å². The normalized spacial score (nSPS) is 13.9. The zero-order valence-electron chi connectivity index (χ0n) is 10.0. The molecular formula is C13H18O4S. The molecule has 1 aromatic rings. The average Bonchev–Trinajstić information content (AvgIpc) is 2.37. The van der Waals surface area contributed by atoms with Crippen LogP contribution in [-0.4, -0.2) is 40.8 Å². The molecule has 100 valence electrons. The van der Waals surface area contributed by atoms with E-state index in [1.54, 1.807) is 0 Å². The summed E-state index contributed by atoms with van der Waals surface area (Å²) >= 11 is 4.34. The minimum absolute atomic E-state index is 0.119. The third-order valence-electron chi connectivity index (χ3n) is 2.36. The smallest absolute Gasteiger partial charge is 0.307 e. The van der Waals surface area contributed by atoms with Gasteiger partial charge in [0.05, 0.1) is 13.0 Å². The molecule has 0 saturated heterocycles. The Morgan fingerprint density at radius 2 is 2.00 bits per heavy atom. The first-order valence-corrected chi connectivity index (χ1v) is 6.30. The van der Waals surface area contributed by atoms with E-state index in [2.05, 4.69) is 12.6 Å². The predicted molar refractivity (Wildman–Crippen MR) is 71.6 cm³/mol. The largest absolute Gasteiger partial charge is 0.463 e. The molecule has 0 saturated carbocycles. The summed E-state index contributed by atoms with van der Waals surface area (Å²) in [6.45, 7) is -0.594. The number of esters is 1. The van der Waals surface area contributed by atoms with E-state index in [4.69, 9.17) is 14.9 Å². The number of hydrogen-bond donors (Lipinski definition) is 3. The first-order chi connectivity index (χ1) is 8.61. The van der Waals surface area contributed by atoms with Gasteiger partial charge >= 0.3 is 5.97 Å². The van der Waals surface area contributed by atoms with E-state index in [9.17, 15) is 4.79 Å². The first-order valence-electron chi connectivity index (χ1n) is 5.78. The highest BCUT2D eigenvalue weighted by molar-refractivity contribution is 7.81. The maximum atomic E-state index is 11.4. The van der Waals surface area contributed by atoms with Crippen molar-refractivity contribution in [3.8, 4) is 0 Å². The maximum Gasteiger partial charge on any atom is 0.307 e. The molecule has 0 radical (unpaired) electrons. The zero-order valence-corrected chi connectivity index (χ0v) is 10.9. The molecule has 0 aliphatic heterocycles. The third kappa shape index (κ3) is 6.05. The van der Waals surface area contributed by atoms with Crippen LogP contribution in [0.2, 0.25) is 0 Å². The summed E-state index contributed by atoms with van der Waals surface area (Å²) in [4.78, 5) is 11.4. The molecule has 2 N–H and O–H groups in total. The van der Waals surface area contributed by atoms with Gasteiger partial charge in [0, 0.05) is 5.25 Å². The fourth-order valence-corrected chi connectivity index (χ4v) is 1.81. The lowest BCUT2D eigenvalue weighted by molar-refractivity contribution is -0.147. The zero-order chi connectivity index (χ0) is 13.4. The predicted octanol–water partition coefficient (Wildman–Crippen LogP) is 0.814. The molecule has 0 bridgehead atoms. The lowest BCUT2D eigenvalue weighted by Gasteiger charge is -2.12. The van der Waals surface area contributed by atoms with Gasteiger partial charge in [-0.3, -0.25) is 4.79 Å². The standard InChI is InChI=1S/C13H18O4S/c14-8-11(15)9-17-13(16)7-12(18)6-10-4-2-1-3-5-10/h1-5,11-12,14-15,18H,6-9H2. The number of hydrogen-bond acceptors (Lipinski definition) is 5. The van der Waals surface area contributed by atoms with Crippen molar-refractivity contribution in [3.05, 3.63) is 35.9 Å². The van der Waals surface area contributed by atoms with Crippen LogP contribution in [0.3, 0.4) is 0 Å². The summed E-state index contributed by atoms with van der Waals surface area (Å²) in [5, 5.41) is 17.5. The number of aliphatic hydroxyl groups excluding tert-OH is 2. The molecule has 0 aliphatic carbocycles. The molecule has 0 fully saturated rings. The van der Waals surface area contributed by atoms with Gasteiger partial charge in [-0.05, 0) is 12.0 Å². The second-order valence-electron chi connectivity index (χ2n) is 4.07.